The van der Waals surface area contributed by atoms with Crippen LogP contribution in [-0.4, -0.2) is 29.4 Å². The third-order valence-corrected chi connectivity index (χ3v) is 4.74. The van der Waals surface area contributed by atoms with Crippen LogP contribution < -0.4 is 10.6 Å². The molecule has 0 fully saturated rings. The zero-order valence-electron chi connectivity index (χ0n) is 18.7. The number of aromatic nitrogens is 2. The molecule has 3 rings (SSSR count). The van der Waals surface area contributed by atoms with Crippen molar-refractivity contribution in [3.05, 3.63) is 82.7 Å². The van der Waals surface area contributed by atoms with Crippen molar-refractivity contribution in [3.8, 4) is 5.69 Å². The lowest BCUT2D eigenvalue weighted by Crippen LogP contribution is -2.37. The van der Waals surface area contributed by atoms with Crippen LogP contribution in [0.4, 0.5) is 0 Å². The van der Waals surface area contributed by atoms with Crippen LogP contribution in [0, 0.1) is 13.8 Å². The number of rotatable bonds is 8. The van der Waals surface area contributed by atoms with Gasteiger partial charge in [-0.3, -0.25) is 0 Å². The van der Waals surface area contributed by atoms with E-state index < -0.39 is 0 Å². The maximum Gasteiger partial charge on any atom is 0.191 e. The molecule has 0 spiro atoms. The van der Waals surface area contributed by atoms with Crippen molar-refractivity contribution in [3.63, 3.8) is 0 Å². The van der Waals surface area contributed by atoms with Crippen molar-refractivity contribution in [1.82, 2.24) is 20.4 Å². The van der Waals surface area contributed by atoms with Crippen molar-refractivity contribution < 1.29 is 4.74 Å². The molecule has 31 heavy (non-hydrogen) atoms. The number of para-hydroxylation sites is 1. The van der Waals surface area contributed by atoms with Gasteiger partial charge in [-0.15, -0.1) is 24.0 Å². The molecule has 1 aromatic heterocycles. The van der Waals surface area contributed by atoms with Gasteiger partial charge in [0.25, 0.3) is 0 Å². The monoisotopic (exact) mass is 533 g/mol. The molecule has 0 saturated carbocycles. The molecule has 0 amide bonds. The summed E-state index contributed by atoms with van der Waals surface area (Å²) in [5.41, 5.74) is 6.69. The van der Waals surface area contributed by atoms with Crippen molar-refractivity contribution >= 4 is 29.9 Å². The van der Waals surface area contributed by atoms with Crippen LogP contribution in [0.5, 0.6) is 0 Å². The molecular formula is C24H32IN5O. The lowest BCUT2D eigenvalue weighted by atomic mass is 10.1. The van der Waals surface area contributed by atoms with Crippen molar-refractivity contribution in [2.45, 2.75) is 40.5 Å². The number of aliphatic imine (C=N–C) groups is 1. The van der Waals surface area contributed by atoms with E-state index in [9.17, 15) is 0 Å². The summed E-state index contributed by atoms with van der Waals surface area (Å²) in [7, 11) is 1.71. The number of benzene rings is 2. The first-order valence-electron chi connectivity index (χ1n) is 10.3. The third-order valence-electron chi connectivity index (χ3n) is 4.74. The molecule has 3 aromatic rings. The second kappa shape index (κ2) is 12.5. The first-order valence-corrected chi connectivity index (χ1v) is 10.3. The topological polar surface area (TPSA) is 63.5 Å². The Kier molecular flexibility index (Phi) is 10.00. The standard InChI is InChI=1S/C24H31N5O.HI/c1-5-25-24(26-15-20-9-8-10-21(14-20)17-30-4)27-16-22-11-6-7-12-23(22)29-19(3)13-18(2)28-29;/h6-14H,5,15-17H2,1-4H3,(H2,25,26,27);1H. The van der Waals surface area contributed by atoms with Crippen LogP contribution in [0.1, 0.15) is 35.0 Å². The van der Waals surface area contributed by atoms with Crippen LogP contribution in [0.3, 0.4) is 0 Å². The maximum atomic E-state index is 5.22. The van der Waals surface area contributed by atoms with E-state index in [1.165, 1.54) is 0 Å². The number of hydrogen-bond donors (Lipinski definition) is 2. The largest absolute Gasteiger partial charge is 0.380 e. The quantitative estimate of drug-likeness (QED) is 0.254. The third kappa shape index (κ3) is 7.07. The van der Waals surface area contributed by atoms with E-state index in [2.05, 4.69) is 72.0 Å². The molecule has 1 heterocycles. The van der Waals surface area contributed by atoms with Crippen LogP contribution in [0.25, 0.3) is 5.69 Å². The molecular weight excluding hydrogens is 501 g/mol. The number of hydrogen-bond acceptors (Lipinski definition) is 3. The average molecular weight is 533 g/mol. The minimum absolute atomic E-state index is 0. The normalized spacial score (nSPS) is 11.2. The summed E-state index contributed by atoms with van der Waals surface area (Å²) in [5, 5.41) is 11.4. The number of guanidine groups is 1. The van der Waals surface area contributed by atoms with Gasteiger partial charge < -0.3 is 15.4 Å². The first-order chi connectivity index (χ1) is 14.6. The average Bonchev–Trinajstić information content (AvgIpc) is 3.08. The second-order valence-electron chi connectivity index (χ2n) is 7.27. The second-order valence-corrected chi connectivity index (χ2v) is 7.27. The maximum absolute atomic E-state index is 5.22. The highest BCUT2D eigenvalue weighted by Crippen LogP contribution is 2.17. The van der Waals surface area contributed by atoms with Gasteiger partial charge in [-0.25, -0.2) is 9.67 Å². The molecule has 0 unspecified atom stereocenters. The van der Waals surface area contributed by atoms with Crippen molar-refractivity contribution in [2.24, 2.45) is 4.99 Å². The van der Waals surface area contributed by atoms with Gasteiger partial charge in [0, 0.05) is 25.9 Å². The molecule has 2 N–H and O–H groups in total. The molecule has 2 aromatic carbocycles. The molecule has 0 aliphatic carbocycles. The van der Waals surface area contributed by atoms with Gasteiger partial charge >= 0.3 is 0 Å². The number of nitrogens with zero attached hydrogens (tertiary/aromatic N) is 3. The summed E-state index contributed by atoms with van der Waals surface area (Å²) < 4.78 is 7.22. The summed E-state index contributed by atoms with van der Waals surface area (Å²) >= 11 is 0. The molecule has 0 bridgehead atoms. The van der Waals surface area contributed by atoms with Crippen LogP contribution in [0.15, 0.2) is 59.6 Å². The van der Waals surface area contributed by atoms with E-state index in [0.717, 1.165) is 46.3 Å². The minimum Gasteiger partial charge on any atom is -0.380 e. The fourth-order valence-electron chi connectivity index (χ4n) is 3.42. The fraction of sp³-hybridized carbons (Fsp3) is 0.333. The molecule has 0 aliphatic heterocycles. The summed E-state index contributed by atoms with van der Waals surface area (Å²) in [6, 6.07) is 18.7. The first kappa shape index (κ1) is 24.9. The SMILES string of the molecule is CCNC(=NCc1cccc(COC)c1)NCc1ccccc1-n1nc(C)cc1C.I. The van der Waals surface area contributed by atoms with Crippen LogP contribution >= 0.6 is 24.0 Å². The zero-order chi connectivity index (χ0) is 21.3. The van der Waals surface area contributed by atoms with E-state index in [1.807, 2.05) is 23.7 Å². The number of halogens is 1. The number of nitrogens with one attached hydrogen (secondary N) is 2. The van der Waals surface area contributed by atoms with Crippen LogP contribution in [-0.2, 0) is 24.4 Å². The Balaban J connectivity index is 0.00000341. The van der Waals surface area contributed by atoms with Crippen LogP contribution in [0.2, 0.25) is 0 Å². The predicted octanol–water partition coefficient (Wildman–Crippen LogP) is 4.51. The highest BCUT2D eigenvalue weighted by atomic mass is 127. The number of methoxy groups -OCH3 is 1. The Labute approximate surface area is 202 Å². The lowest BCUT2D eigenvalue weighted by molar-refractivity contribution is 0.185. The van der Waals surface area contributed by atoms with E-state index in [0.29, 0.717) is 19.7 Å². The van der Waals surface area contributed by atoms with E-state index in [-0.39, 0.29) is 24.0 Å². The van der Waals surface area contributed by atoms with Gasteiger partial charge in [-0.1, -0.05) is 42.5 Å². The molecule has 0 saturated heterocycles. The highest BCUT2D eigenvalue weighted by molar-refractivity contribution is 14.0. The fourth-order valence-corrected chi connectivity index (χ4v) is 3.42. The Bertz CT molecular complexity index is 999. The summed E-state index contributed by atoms with van der Waals surface area (Å²) in [6.45, 7) is 8.83. The van der Waals surface area contributed by atoms with Gasteiger partial charge in [-0.2, -0.15) is 5.10 Å². The Morgan fingerprint density at radius 3 is 2.52 bits per heavy atom. The van der Waals surface area contributed by atoms with Gasteiger partial charge in [-0.05, 0) is 49.6 Å². The predicted molar refractivity (Wildman–Crippen MR) is 137 cm³/mol. The van der Waals surface area contributed by atoms with E-state index >= 15 is 0 Å². The Morgan fingerprint density at radius 2 is 1.81 bits per heavy atom. The minimum atomic E-state index is 0. The number of ether oxygens (including phenoxy) is 1. The number of aryl methyl sites for hydroxylation is 2. The molecule has 0 radical (unpaired) electrons. The van der Waals surface area contributed by atoms with Crippen molar-refractivity contribution in [2.75, 3.05) is 13.7 Å². The summed E-state index contributed by atoms with van der Waals surface area (Å²) in [6.07, 6.45) is 0. The van der Waals surface area contributed by atoms with Gasteiger partial charge in [0.1, 0.15) is 0 Å². The van der Waals surface area contributed by atoms with Gasteiger partial charge in [0.15, 0.2) is 5.96 Å². The molecule has 7 heteroatoms. The zero-order valence-corrected chi connectivity index (χ0v) is 21.0. The smallest absolute Gasteiger partial charge is 0.191 e. The molecule has 0 aliphatic rings. The molecule has 6 nitrogen and oxygen atoms in total. The van der Waals surface area contributed by atoms with E-state index in [4.69, 9.17) is 9.73 Å². The molecule has 0 atom stereocenters. The lowest BCUT2D eigenvalue weighted by Gasteiger charge is -2.15. The van der Waals surface area contributed by atoms with Gasteiger partial charge in [0.2, 0.25) is 0 Å². The summed E-state index contributed by atoms with van der Waals surface area (Å²) in [5.74, 6) is 0.790. The van der Waals surface area contributed by atoms with Gasteiger partial charge in [0.05, 0.1) is 24.5 Å². The Hall–Kier alpha value is -2.39. The van der Waals surface area contributed by atoms with E-state index in [1.54, 1.807) is 7.11 Å². The van der Waals surface area contributed by atoms with Crippen molar-refractivity contribution in [1.29, 1.82) is 0 Å². The molecule has 166 valence electrons. The Morgan fingerprint density at radius 1 is 1.03 bits per heavy atom. The summed E-state index contributed by atoms with van der Waals surface area (Å²) in [4.78, 5) is 4.76. The highest BCUT2D eigenvalue weighted by Gasteiger charge is 2.09.